The molecule has 1 aliphatic carbocycles. The summed E-state index contributed by atoms with van der Waals surface area (Å²) < 4.78 is 0. The second-order valence-electron chi connectivity index (χ2n) is 3.12. The van der Waals surface area contributed by atoms with Crippen LogP contribution in [0.5, 0.6) is 0 Å². The third-order valence-electron chi connectivity index (χ3n) is 2.69. The van der Waals surface area contributed by atoms with Gasteiger partial charge in [-0.2, -0.15) is 0 Å². The highest BCUT2D eigenvalue weighted by Crippen LogP contribution is 2.49. The molecule has 1 fully saturated rings. The van der Waals surface area contributed by atoms with Gasteiger partial charge in [-0.1, -0.05) is 24.3 Å². The van der Waals surface area contributed by atoms with Crippen LogP contribution in [0.4, 0.5) is 0 Å². The van der Waals surface area contributed by atoms with Crippen molar-refractivity contribution in [2.75, 3.05) is 6.54 Å². The summed E-state index contributed by atoms with van der Waals surface area (Å²) in [6.45, 7) is 1.20. The van der Waals surface area contributed by atoms with Crippen molar-refractivity contribution >= 4 is 0 Å². The van der Waals surface area contributed by atoms with E-state index >= 15 is 0 Å². The van der Waals surface area contributed by atoms with E-state index in [0.29, 0.717) is 0 Å². The van der Waals surface area contributed by atoms with E-state index in [1.54, 1.807) is 5.56 Å². The molecule has 0 spiro atoms. The van der Waals surface area contributed by atoms with E-state index in [-0.39, 0.29) is 0 Å². The van der Waals surface area contributed by atoms with Crippen molar-refractivity contribution in [2.24, 2.45) is 0 Å². The molecule has 0 amide bonds. The molecular weight excluding hydrogens is 122 g/mol. The second-order valence-corrected chi connectivity index (χ2v) is 3.12. The van der Waals surface area contributed by atoms with Gasteiger partial charge in [-0.15, -0.1) is 0 Å². The van der Waals surface area contributed by atoms with E-state index in [4.69, 9.17) is 0 Å². The van der Waals surface area contributed by atoms with Gasteiger partial charge in [0.25, 0.3) is 0 Å². The van der Waals surface area contributed by atoms with Crippen LogP contribution in [-0.2, 0) is 0 Å². The maximum Gasteiger partial charge on any atom is 0.0405 e. The summed E-state index contributed by atoms with van der Waals surface area (Å²) in [5.74, 6) is 0.858. The highest BCUT2D eigenvalue weighted by atomic mass is 15.0. The molecule has 3 rings (SSSR count). The quantitative estimate of drug-likeness (QED) is 0.561. The zero-order valence-corrected chi connectivity index (χ0v) is 5.67. The second kappa shape index (κ2) is 1.43. The summed E-state index contributed by atoms with van der Waals surface area (Å²) in [4.78, 5) is 0. The van der Waals surface area contributed by atoms with Crippen molar-refractivity contribution in [1.29, 1.82) is 0 Å². The summed E-state index contributed by atoms with van der Waals surface area (Å²) in [6.07, 6.45) is 0. The van der Waals surface area contributed by atoms with E-state index in [9.17, 15) is 0 Å². The first-order chi connectivity index (χ1) is 4.97. The average Bonchev–Trinajstić information content (AvgIpc) is 1.90. The highest BCUT2D eigenvalue weighted by Gasteiger charge is 2.43. The zero-order valence-electron chi connectivity index (χ0n) is 5.67. The lowest BCUT2D eigenvalue weighted by atomic mass is 9.68. The van der Waals surface area contributed by atoms with Crippen LogP contribution in [0.25, 0.3) is 0 Å². The molecule has 0 radical (unpaired) electrons. The van der Waals surface area contributed by atoms with Crippen molar-refractivity contribution < 1.29 is 0 Å². The molecule has 1 aliphatic heterocycles. The van der Waals surface area contributed by atoms with Gasteiger partial charge in [-0.25, -0.2) is 0 Å². The minimum atomic E-state index is 0.719. The molecule has 1 nitrogen and oxygen atoms in total. The molecule has 1 heterocycles. The van der Waals surface area contributed by atoms with Gasteiger partial charge in [-0.3, -0.25) is 0 Å². The van der Waals surface area contributed by atoms with Crippen LogP contribution >= 0.6 is 0 Å². The first-order valence-corrected chi connectivity index (χ1v) is 3.79. The Hall–Kier alpha value is -0.820. The van der Waals surface area contributed by atoms with Crippen LogP contribution in [0.15, 0.2) is 24.3 Å². The van der Waals surface area contributed by atoms with Gasteiger partial charge >= 0.3 is 0 Å². The van der Waals surface area contributed by atoms with Gasteiger partial charge in [0, 0.05) is 18.5 Å². The van der Waals surface area contributed by atoms with Crippen LogP contribution < -0.4 is 5.32 Å². The SMILES string of the molecule is c1ccc2c(c1)C1CNC21. The molecule has 1 N–H and O–H groups in total. The number of hydrogen-bond acceptors (Lipinski definition) is 1. The molecule has 0 bridgehead atoms. The summed E-state index contributed by atoms with van der Waals surface area (Å²) in [5.41, 5.74) is 3.10. The third kappa shape index (κ3) is 0.371. The zero-order chi connectivity index (χ0) is 6.55. The van der Waals surface area contributed by atoms with Crippen molar-refractivity contribution in [2.45, 2.75) is 12.0 Å². The summed E-state index contributed by atoms with van der Waals surface area (Å²) >= 11 is 0. The van der Waals surface area contributed by atoms with Crippen LogP contribution in [0, 0.1) is 0 Å². The average molecular weight is 131 g/mol. The van der Waals surface area contributed by atoms with Crippen LogP contribution in [-0.4, -0.2) is 6.54 Å². The number of rotatable bonds is 0. The van der Waals surface area contributed by atoms with Gasteiger partial charge in [0.1, 0.15) is 0 Å². The van der Waals surface area contributed by atoms with E-state index < -0.39 is 0 Å². The topological polar surface area (TPSA) is 12.0 Å². The normalized spacial score (nSPS) is 33.2. The molecule has 1 aromatic carbocycles. The Labute approximate surface area is 60.1 Å². The van der Waals surface area contributed by atoms with E-state index in [0.717, 1.165) is 12.0 Å². The fourth-order valence-corrected chi connectivity index (χ4v) is 2.01. The van der Waals surface area contributed by atoms with Gasteiger partial charge in [-0.05, 0) is 11.1 Å². The number of fused-ring (bicyclic) bond motifs is 4. The molecule has 2 unspecified atom stereocenters. The Morgan fingerprint density at radius 2 is 2.00 bits per heavy atom. The number of nitrogens with one attached hydrogen (secondary N) is 1. The lowest BCUT2D eigenvalue weighted by molar-refractivity contribution is 0.269. The first kappa shape index (κ1) is 4.91. The van der Waals surface area contributed by atoms with E-state index in [2.05, 4.69) is 29.6 Å². The van der Waals surface area contributed by atoms with Crippen LogP contribution in [0.1, 0.15) is 23.1 Å². The molecule has 1 saturated heterocycles. The molecule has 50 valence electrons. The van der Waals surface area contributed by atoms with E-state index in [1.807, 2.05) is 0 Å². The predicted molar refractivity (Wildman–Crippen MR) is 39.9 cm³/mol. The predicted octanol–water partition coefficient (Wildman–Crippen LogP) is 1.43. The maximum atomic E-state index is 3.40. The Bertz CT molecular complexity index is 251. The number of hydrogen-bond donors (Lipinski definition) is 1. The van der Waals surface area contributed by atoms with Crippen molar-refractivity contribution in [1.82, 2.24) is 5.32 Å². The molecule has 2 atom stereocenters. The minimum absolute atomic E-state index is 0.719. The fourth-order valence-electron chi connectivity index (χ4n) is 2.01. The smallest absolute Gasteiger partial charge is 0.0405 e. The first-order valence-electron chi connectivity index (χ1n) is 3.79. The molecule has 1 heteroatoms. The highest BCUT2D eigenvalue weighted by molar-refractivity contribution is 5.47. The molecular formula is C9H9N. The summed E-state index contributed by atoms with van der Waals surface area (Å²) in [5, 5.41) is 3.40. The summed E-state index contributed by atoms with van der Waals surface area (Å²) in [7, 11) is 0. The molecule has 0 saturated carbocycles. The number of benzene rings is 1. The van der Waals surface area contributed by atoms with Gasteiger partial charge in [0.05, 0.1) is 0 Å². The van der Waals surface area contributed by atoms with Gasteiger partial charge in [0.15, 0.2) is 0 Å². The van der Waals surface area contributed by atoms with Crippen molar-refractivity contribution in [3.63, 3.8) is 0 Å². The Morgan fingerprint density at radius 3 is 2.60 bits per heavy atom. The van der Waals surface area contributed by atoms with Crippen LogP contribution in [0.2, 0.25) is 0 Å². The van der Waals surface area contributed by atoms with Crippen molar-refractivity contribution in [3.05, 3.63) is 35.4 Å². The minimum Gasteiger partial charge on any atom is -0.309 e. The lowest BCUT2D eigenvalue weighted by Crippen LogP contribution is -2.50. The molecule has 1 aromatic rings. The van der Waals surface area contributed by atoms with E-state index in [1.165, 1.54) is 12.1 Å². The summed E-state index contributed by atoms with van der Waals surface area (Å²) in [6, 6.07) is 9.44. The van der Waals surface area contributed by atoms with Crippen LogP contribution in [0.3, 0.4) is 0 Å². The fraction of sp³-hybridized carbons (Fsp3) is 0.333. The largest absolute Gasteiger partial charge is 0.309 e. The monoisotopic (exact) mass is 131 g/mol. The lowest BCUT2D eigenvalue weighted by Gasteiger charge is -2.49. The Balaban J connectivity index is 2.20. The molecule has 10 heavy (non-hydrogen) atoms. The van der Waals surface area contributed by atoms with Crippen molar-refractivity contribution in [3.8, 4) is 0 Å². The molecule has 2 aliphatic rings. The Morgan fingerprint density at radius 1 is 1.20 bits per heavy atom. The maximum absolute atomic E-state index is 3.40. The standard InChI is InChI=1S/C9H9N/c1-2-4-7-6(3-1)8-5-10-9(7)8/h1-4,8-10H,5H2. The van der Waals surface area contributed by atoms with Gasteiger partial charge < -0.3 is 5.32 Å². The third-order valence-corrected chi connectivity index (χ3v) is 2.69. The molecule has 0 aromatic heterocycles. The van der Waals surface area contributed by atoms with Gasteiger partial charge in [0.2, 0.25) is 0 Å². The Kier molecular flexibility index (Phi) is 0.702.